The van der Waals surface area contributed by atoms with Gasteiger partial charge in [-0.2, -0.15) is 0 Å². The number of oxazole rings is 1. The zero-order chi connectivity index (χ0) is 11.7. The van der Waals surface area contributed by atoms with E-state index in [0.717, 1.165) is 11.1 Å². The fraction of sp³-hybridized carbons (Fsp3) is 0.250. The molecule has 0 bridgehead atoms. The fourth-order valence-electron chi connectivity index (χ4n) is 1.51. The molecule has 3 nitrogen and oxygen atoms in total. The Morgan fingerprint density at radius 1 is 1.38 bits per heavy atom. The van der Waals surface area contributed by atoms with Crippen molar-refractivity contribution in [3.05, 3.63) is 40.9 Å². The van der Waals surface area contributed by atoms with Gasteiger partial charge in [0.15, 0.2) is 5.76 Å². The highest BCUT2D eigenvalue weighted by Gasteiger charge is 2.10. The van der Waals surface area contributed by atoms with E-state index in [1.165, 1.54) is 0 Å². The molecule has 1 unspecified atom stereocenters. The van der Waals surface area contributed by atoms with Crippen LogP contribution in [0, 0.1) is 6.92 Å². The second-order valence-electron chi connectivity index (χ2n) is 3.87. The molecule has 84 valence electrons. The molecule has 0 aliphatic rings. The minimum Gasteiger partial charge on any atom is -0.439 e. The number of nitrogens with zero attached hydrogens (tertiary/aromatic N) is 1. The van der Waals surface area contributed by atoms with Crippen LogP contribution in [0.4, 0.5) is 0 Å². The van der Waals surface area contributed by atoms with E-state index in [4.69, 9.17) is 21.8 Å². The molecular formula is C12H13ClN2O. The summed E-state index contributed by atoms with van der Waals surface area (Å²) < 4.78 is 5.55. The van der Waals surface area contributed by atoms with E-state index in [9.17, 15) is 0 Å². The van der Waals surface area contributed by atoms with Gasteiger partial charge in [-0.3, -0.25) is 0 Å². The number of hydrogen-bond donors (Lipinski definition) is 1. The molecule has 1 aromatic carbocycles. The molecule has 0 aliphatic carbocycles. The number of aromatic nitrogens is 1. The molecule has 16 heavy (non-hydrogen) atoms. The first-order chi connectivity index (χ1) is 7.56. The lowest BCUT2D eigenvalue weighted by Crippen LogP contribution is -2.04. The van der Waals surface area contributed by atoms with Crippen molar-refractivity contribution in [3.8, 4) is 11.3 Å². The van der Waals surface area contributed by atoms with Crippen molar-refractivity contribution in [2.75, 3.05) is 0 Å². The van der Waals surface area contributed by atoms with Crippen molar-refractivity contribution in [1.82, 2.24) is 4.98 Å². The standard InChI is InChI=1S/C12H13ClN2O/c1-7-3-9(5-10(13)4-7)11-6-15-12(16-11)8(2)14/h3-6,8H,14H2,1-2H3. The van der Waals surface area contributed by atoms with E-state index in [-0.39, 0.29) is 6.04 Å². The summed E-state index contributed by atoms with van der Waals surface area (Å²) in [6.07, 6.45) is 1.67. The van der Waals surface area contributed by atoms with Crippen molar-refractivity contribution in [2.24, 2.45) is 5.73 Å². The molecule has 1 heterocycles. The quantitative estimate of drug-likeness (QED) is 0.870. The summed E-state index contributed by atoms with van der Waals surface area (Å²) in [6.45, 7) is 3.82. The topological polar surface area (TPSA) is 52.0 Å². The van der Waals surface area contributed by atoms with Crippen molar-refractivity contribution in [3.63, 3.8) is 0 Å². The van der Waals surface area contributed by atoms with Crippen LogP contribution in [0.25, 0.3) is 11.3 Å². The van der Waals surface area contributed by atoms with E-state index < -0.39 is 0 Å². The maximum absolute atomic E-state index is 5.98. The van der Waals surface area contributed by atoms with Crippen LogP contribution in [-0.4, -0.2) is 4.98 Å². The van der Waals surface area contributed by atoms with Gasteiger partial charge in [0.05, 0.1) is 12.2 Å². The van der Waals surface area contributed by atoms with Crippen molar-refractivity contribution in [1.29, 1.82) is 0 Å². The minimum atomic E-state index is -0.200. The predicted octanol–water partition coefficient (Wildman–Crippen LogP) is 3.32. The van der Waals surface area contributed by atoms with Crippen LogP contribution in [0.1, 0.15) is 24.4 Å². The molecule has 2 N–H and O–H groups in total. The highest BCUT2D eigenvalue weighted by molar-refractivity contribution is 6.30. The molecule has 2 aromatic rings. The summed E-state index contributed by atoms with van der Waals surface area (Å²) in [7, 11) is 0. The van der Waals surface area contributed by atoms with Crippen molar-refractivity contribution >= 4 is 11.6 Å². The Hall–Kier alpha value is -1.32. The maximum Gasteiger partial charge on any atom is 0.211 e. The molecule has 0 aliphatic heterocycles. The van der Waals surface area contributed by atoms with E-state index in [1.54, 1.807) is 6.20 Å². The molecule has 0 fully saturated rings. The minimum absolute atomic E-state index is 0.200. The van der Waals surface area contributed by atoms with Gasteiger partial charge in [0.1, 0.15) is 0 Å². The third-order valence-electron chi connectivity index (χ3n) is 2.24. The molecule has 1 atom stereocenters. The molecule has 0 saturated heterocycles. The highest BCUT2D eigenvalue weighted by atomic mass is 35.5. The number of rotatable bonds is 2. The van der Waals surface area contributed by atoms with Crippen LogP contribution in [0.3, 0.4) is 0 Å². The van der Waals surface area contributed by atoms with Gasteiger partial charge in [-0.05, 0) is 37.6 Å². The van der Waals surface area contributed by atoms with Crippen LogP contribution < -0.4 is 5.73 Å². The first-order valence-corrected chi connectivity index (χ1v) is 5.43. The van der Waals surface area contributed by atoms with E-state index >= 15 is 0 Å². The molecule has 4 heteroatoms. The average Bonchev–Trinajstić information content (AvgIpc) is 2.64. The van der Waals surface area contributed by atoms with Gasteiger partial charge in [-0.25, -0.2) is 4.98 Å². The average molecular weight is 237 g/mol. The summed E-state index contributed by atoms with van der Waals surface area (Å²) in [5.74, 6) is 1.23. The van der Waals surface area contributed by atoms with E-state index in [1.807, 2.05) is 32.0 Å². The Morgan fingerprint density at radius 3 is 2.69 bits per heavy atom. The SMILES string of the molecule is Cc1cc(Cl)cc(-c2cnc(C(C)N)o2)c1. The van der Waals surface area contributed by atoms with Crippen LogP contribution in [-0.2, 0) is 0 Å². The molecule has 0 saturated carbocycles. The molecule has 1 aromatic heterocycles. The van der Waals surface area contributed by atoms with E-state index in [0.29, 0.717) is 16.7 Å². The number of aryl methyl sites for hydroxylation is 1. The van der Waals surface area contributed by atoms with Gasteiger partial charge < -0.3 is 10.2 Å². The Bertz CT molecular complexity index is 485. The lowest BCUT2D eigenvalue weighted by molar-refractivity contribution is 0.473. The summed E-state index contributed by atoms with van der Waals surface area (Å²) >= 11 is 5.98. The van der Waals surface area contributed by atoms with Gasteiger partial charge in [0.2, 0.25) is 5.89 Å². The molecule has 2 rings (SSSR count). The fourth-order valence-corrected chi connectivity index (χ4v) is 1.80. The van der Waals surface area contributed by atoms with Gasteiger partial charge in [-0.1, -0.05) is 11.6 Å². The Kier molecular flexibility index (Phi) is 2.99. The Balaban J connectivity index is 2.42. The third-order valence-corrected chi connectivity index (χ3v) is 2.46. The molecule has 0 spiro atoms. The Labute approximate surface area is 99.2 Å². The molecule has 0 amide bonds. The number of halogens is 1. The number of benzene rings is 1. The molecule has 0 radical (unpaired) electrons. The smallest absolute Gasteiger partial charge is 0.211 e. The zero-order valence-electron chi connectivity index (χ0n) is 9.20. The monoisotopic (exact) mass is 236 g/mol. The van der Waals surface area contributed by atoms with Crippen LogP contribution in [0.2, 0.25) is 5.02 Å². The van der Waals surface area contributed by atoms with E-state index in [2.05, 4.69) is 4.98 Å². The van der Waals surface area contributed by atoms with Crippen molar-refractivity contribution < 1.29 is 4.42 Å². The lowest BCUT2D eigenvalue weighted by atomic mass is 10.1. The van der Waals surface area contributed by atoms with Gasteiger partial charge >= 0.3 is 0 Å². The normalized spacial score (nSPS) is 12.8. The third kappa shape index (κ3) is 2.26. The van der Waals surface area contributed by atoms with Gasteiger partial charge in [0.25, 0.3) is 0 Å². The summed E-state index contributed by atoms with van der Waals surface area (Å²) in [4.78, 5) is 4.12. The van der Waals surface area contributed by atoms with Crippen LogP contribution in [0.5, 0.6) is 0 Å². The van der Waals surface area contributed by atoms with Crippen LogP contribution in [0.15, 0.2) is 28.8 Å². The van der Waals surface area contributed by atoms with Gasteiger partial charge in [-0.15, -0.1) is 0 Å². The lowest BCUT2D eigenvalue weighted by Gasteiger charge is -2.01. The first kappa shape index (κ1) is 11.2. The van der Waals surface area contributed by atoms with Crippen LogP contribution >= 0.6 is 11.6 Å². The Morgan fingerprint density at radius 2 is 2.12 bits per heavy atom. The van der Waals surface area contributed by atoms with Gasteiger partial charge in [0, 0.05) is 10.6 Å². The molecular weight excluding hydrogens is 224 g/mol. The summed E-state index contributed by atoms with van der Waals surface area (Å²) in [5, 5.41) is 0.689. The summed E-state index contributed by atoms with van der Waals surface area (Å²) in [5.41, 5.74) is 7.69. The number of hydrogen-bond acceptors (Lipinski definition) is 3. The first-order valence-electron chi connectivity index (χ1n) is 5.05. The summed E-state index contributed by atoms with van der Waals surface area (Å²) in [6, 6.07) is 5.54. The predicted molar refractivity (Wildman–Crippen MR) is 64.3 cm³/mol. The second kappa shape index (κ2) is 4.28. The largest absolute Gasteiger partial charge is 0.439 e. The van der Waals surface area contributed by atoms with Crippen molar-refractivity contribution in [2.45, 2.75) is 19.9 Å². The maximum atomic E-state index is 5.98. The zero-order valence-corrected chi connectivity index (χ0v) is 9.95. The highest BCUT2D eigenvalue weighted by Crippen LogP contribution is 2.26. The second-order valence-corrected chi connectivity index (χ2v) is 4.31. The number of nitrogens with two attached hydrogens (primary N) is 1.